The lowest BCUT2D eigenvalue weighted by molar-refractivity contribution is 0.0699. The Bertz CT molecular complexity index is 445. The third-order valence-corrected chi connectivity index (χ3v) is 4.02. The molecule has 0 saturated carbocycles. The van der Waals surface area contributed by atoms with E-state index in [1.54, 1.807) is 0 Å². The van der Waals surface area contributed by atoms with Crippen LogP contribution in [0.4, 0.5) is 16.2 Å². The number of hydrogen-bond acceptors (Lipinski definition) is 5. The van der Waals surface area contributed by atoms with E-state index < -0.39 is 0 Å². The Labute approximate surface area is 118 Å². The van der Waals surface area contributed by atoms with Crippen molar-refractivity contribution < 1.29 is 9.13 Å². The van der Waals surface area contributed by atoms with Gasteiger partial charge in [0, 0.05) is 32.8 Å². The summed E-state index contributed by atoms with van der Waals surface area (Å²) in [5.74, 6) is 1.22. The van der Waals surface area contributed by atoms with E-state index in [-0.39, 0.29) is 5.82 Å². The van der Waals surface area contributed by atoms with E-state index in [4.69, 9.17) is 4.74 Å². The number of hydrogen-bond donors (Lipinski definition) is 1. The molecule has 1 aromatic rings. The highest BCUT2D eigenvalue weighted by Gasteiger charge is 2.19. The van der Waals surface area contributed by atoms with Crippen molar-refractivity contribution in [1.82, 2.24) is 9.97 Å². The molecule has 3 heterocycles. The SMILES string of the molecule is Fc1cnc(NCC2CCOCC2)nc1N1CCCC1. The van der Waals surface area contributed by atoms with E-state index in [2.05, 4.69) is 15.3 Å². The summed E-state index contributed by atoms with van der Waals surface area (Å²) in [5, 5.41) is 3.23. The molecule has 0 atom stereocenters. The molecule has 2 saturated heterocycles. The van der Waals surface area contributed by atoms with Gasteiger partial charge < -0.3 is 15.0 Å². The molecule has 1 N–H and O–H groups in total. The van der Waals surface area contributed by atoms with Crippen LogP contribution in [0, 0.1) is 11.7 Å². The van der Waals surface area contributed by atoms with Gasteiger partial charge in [0.05, 0.1) is 6.20 Å². The normalized spacial score (nSPS) is 20.4. The molecule has 5 nitrogen and oxygen atoms in total. The first-order chi connectivity index (χ1) is 9.83. The Kier molecular flexibility index (Phi) is 4.30. The molecule has 1 aromatic heterocycles. The van der Waals surface area contributed by atoms with Gasteiger partial charge in [-0.1, -0.05) is 0 Å². The minimum absolute atomic E-state index is 0.330. The van der Waals surface area contributed by atoms with Crippen LogP contribution in [0.3, 0.4) is 0 Å². The standard InChI is InChI=1S/C14H21FN4O/c15-12-10-17-14(16-9-11-3-7-20-8-4-11)18-13(12)19-5-1-2-6-19/h10-11H,1-9H2,(H,16,17,18). The zero-order chi connectivity index (χ0) is 13.8. The van der Waals surface area contributed by atoms with Gasteiger partial charge >= 0.3 is 0 Å². The Hall–Kier alpha value is -1.43. The highest BCUT2D eigenvalue weighted by molar-refractivity contribution is 5.44. The maximum Gasteiger partial charge on any atom is 0.224 e. The fourth-order valence-electron chi connectivity index (χ4n) is 2.78. The molecule has 0 bridgehead atoms. The van der Waals surface area contributed by atoms with E-state index in [0.29, 0.717) is 17.7 Å². The topological polar surface area (TPSA) is 50.3 Å². The lowest BCUT2D eigenvalue weighted by Crippen LogP contribution is -2.24. The van der Waals surface area contributed by atoms with Crippen molar-refractivity contribution in [2.45, 2.75) is 25.7 Å². The minimum Gasteiger partial charge on any atom is -0.381 e. The smallest absolute Gasteiger partial charge is 0.224 e. The quantitative estimate of drug-likeness (QED) is 0.915. The number of nitrogens with zero attached hydrogens (tertiary/aromatic N) is 3. The van der Waals surface area contributed by atoms with Crippen molar-refractivity contribution in [2.24, 2.45) is 5.92 Å². The molecule has 0 unspecified atom stereocenters. The highest BCUT2D eigenvalue weighted by atomic mass is 19.1. The number of anilines is 2. The van der Waals surface area contributed by atoms with Gasteiger partial charge in [-0.15, -0.1) is 0 Å². The summed E-state index contributed by atoms with van der Waals surface area (Å²) >= 11 is 0. The molecule has 0 amide bonds. The second-order valence-electron chi connectivity index (χ2n) is 5.50. The van der Waals surface area contributed by atoms with Gasteiger partial charge in [0.25, 0.3) is 0 Å². The summed E-state index contributed by atoms with van der Waals surface area (Å²) in [5.41, 5.74) is 0. The van der Waals surface area contributed by atoms with E-state index in [0.717, 1.165) is 58.5 Å². The number of ether oxygens (including phenoxy) is 1. The lowest BCUT2D eigenvalue weighted by atomic mass is 10.0. The van der Waals surface area contributed by atoms with E-state index >= 15 is 0 Å². The molecule has 20 heavy (non-hydrogen) atoms. The fourth-order valence-corrected chi connectivity index (χ4v) is 2.78. The first-order valence-corrected chi connectivity index (χ1v) is 7.42. The van der Waals surface area contributed by atoms with Crippen molar-refractivity contribution in [3.63, 3.8) is 0 Å². The monoisotopic (exact) mass is 280 g/mol. The van der Waals surface area contributed by atoms with E-state index in [1.165, 1.54) is 6.20 Å². The van der Waals surface area contributed by atoms with Crippen LogP contribution in [0.15, 0.2) is 6.20 Å². The predicted molar refractivity (Wildman–Crippen MR) is 75.5 cm³/mol. The van der Waals surface area contributed by atoms with Gasteiger partial charge in [0.15, 0.2) is 11.6 Å². The van der Waals surface area contributed by atoms with Crippen molar-refractivity contribution >= 4 is 11.8 Å². The lowest BCUT2D eigenvalue weighted by Gasteiger charge is -2.22. The minimum atomic E-state index is -0.330. The molecule has 2 fully saturated rings. The predicted octanol–water partition coefficient (Wildman–Crippen LogP) is 2.05. The molecular weight excluding hydrogens is 259 g/mol. The molecule has 6 heteroatoms. The Morgan fingerprint density at radius 1 is 1.30 bits per heavy atom. The fraction of sp³-hybridized carbons (Fsp3) is 0.714. The van der Waals surface area contributed by atoms with Gasteiger partial charge in [0.2, 0.25) is 5.95 Å². The van der Waals surface area contributed by atoms with Crippen LogP contribution < -0.4 is 10.2 Å². The number of rotatable bonds is 4. The molecule has 2 aliphatic rings. The second-order valence-corrected chi connectivity index (χ2v) is 5.50. The van der Waals surface area contributed by atoms with Crippen LogP contribution in [0.2, 0.25) is 0 Å². The molecule has 0 aromatic carbocycles. The van der Waals surface area contributed by atoms with Crippen LogP contribution in [0.5, 0.6) is 0 Å². The van der Waals surface area contributed by atoms with Gasteiger partial charge in [-0.3, -0.25) is 0 Å². The molecule has 0 radical (unpaired) electrons. The van der Waals surface area contributed by atoms with Crippen molar-refractivity contribution in [3.8, 4) is 0 Å². The van der Waals surface area contributed by atoms with Crippen LogP contribution in [-0.4, -0.2) is 42.8 Å². The van der Waals surface area contributed by atoms with Gasteiger partial charge in [-0.25, -0.2) is 9.37 Å². The molecular formula is C14H21FN4O. The Morgan fingerprint density at radius 3 is 2.80 bits per heavy atom. The second kappa shape index (κ2) is 6.35. The van der Waals surface area contributed by atoms with Gasteiger partial charge in [-0.2, -0.15) is 4.98 Å². The zero-order valence-corrected chi connectivity index (χ0v) is 11.6. The number of nitrogens with one attached hydrogen (secondary N) is 1. The number of aromatic nitrogens is 2. The summed E-state index contributed by atoms with van der Waals surface area (Å²) in [6.45, 7) is 4.25. The van der Waals surface area contributed by atoms with E-state index in [1.807, 2.05) is 4.90 Å². The van der Waals surface area contributed by atoms with Gasteiger partial charge in [-0.05, 0) is 31.6 Å². The largest absolute Gasteiger partial charge is 0.381 e. The van der Waals surface area contributed by atoms with Crippen molar-refractivity contribution in [2.75, 3.05) is 43.1 Å². The Balaban J connectivity index is 1.62. The Morgan fingerprint density at radius 2 is 2.05 bits per heavy atom. The maximum atomic E-state index is 13.8. The van der Waals surface area contributed by atoms with Crippen LogP contribution in [0.25, 0.3) is 0 Å². The molecule has 0 aliphatic carbocycles. The summed E-state index contributed by atoms with van der Waals surface area (Å²) in [6.07, 6.45) is 5.61. The van der Waals surface area contributed by atoms with E-state index in [9.17, 15) is 4.39 Å². The van der Waals surface area contributed by atoms with Crippen LogP contribution in [-0.2, 0) is 4.74 Å². The van der Waals surface area contributed by atoms with Crippen molar-refractivity contribution in [1.29, 1.82) is 0 Å². The third kappa shape index (κ3) is 3.17. The average molecular weight is 280 g/mol. The first kappa shape index (κ1) is 13.5. The summed E-state index contributed by atoms with van der Waals surface area (Å²) in [7, 11) is 0. The summed E-state index contributed by atoms with van der Waals surface area (Å²) in [4.78, 5) is 10.4. The first-order valence-electron chi connectivity index (χ1n) is 7.42. The third-order valence-electron chi connectivity index (χ3n) is 4.02. The summed E-state index contributed by atoms with van der Waals surface area (Å²) in [6, 6.07) is 0. The number of halogens is 1. The summed E-state index contributed by atoms with van der Waals surface area (Å²) < 4.78 is 19.1. The average Bonchev–Trinajstić information content (AvgIpc) is 3.01. The molecule has 2 aliphatic heterocycles. The van der Waals surface area contributed by atoms with Crippen LogP contribution >= 0.6 is 0 Å². The molecule has 3 rings (SSSR count). The highest BCUT2D eigenvalue weighted by Crippen LogP contribution is 2.22. The van der Waals surface area contributed by atoms with Gasteiger partial charge in [0.1, 0.15) is 0 Å². The van der Waals surface area contributed by atoms with Crippen molar-refractivity contribution in [3.05, 3.63) is 12.0 Å². The van der Waals surface area contributed by atoms with Crippen LogP contribution in [0.1, 0.15) is 25.7 Å². The molecule has 0 spiro atoms. The zero-order valence-electron chi connectivity index (χ0n) is 11.6. The maximum absolute atomic E-state index is 13.8. The molecule has 110 valence electrons.